The molecule has 2 aromatic rings. The molecule has 32 heavy (non-hydrogen) atoms. The third-order valence-corrected chi connectivity index (χ3v) is 8.94. The Bertz CT molecular complexity index is 908. The summed E-state index contributed by atoms with van der Waals surface area (Å²) in [6.45, 7) is 11.2. The van der Waals surface area contributed by atoms with Crippen molar-refractivity contribution in [1.82, 2.24) is 14.7 Å². The van der Waals surface area contributed by atoms with Gasteiger partial charge in [-0.3, -0.25) is 4.68 Å². The van der Waals surface area contributed by atoms with Gasteiger partial charge in [-0.05, 0) is 90.6 Å². The Morgan fingerprint density at radius 1 is 1.19 bits per heavy atom. The molecule has 0 saturated carbocycles. The summed E-state index contributed by atoms with van der Waals surface area (Å²) in [6, 6.07) is 4.27. The lowest BCUT2D eigenvalue weighted by Gasteiger charge is -2.29. The fraction of sp³-hybridized carbons (Fsp3) is 0.640. The molecule has 0 aliphatic carbocycles. The van der Waals surface area contributed by atoms with E-state index >= 15 is 0 Å². The van der Waals surface area contributed by atoms with Crippen molar-refractivity contribution in [2.45, 2.75) is 71.1 Å². The topological polar surface area (TPSA) is 47.4 Å². The van der Waals surface area contributed by atoms with Gasteiger partial charge in [0.2, 0.25) is 4.90 Å². The van der Waals surface area contributed by atoms with Gasteiger partial charge in [0.05, 0.1) is 23.0 Å². The van der Waals surface area contributed by atoms with Gasteiger partial charge in [-0.15, -0.1) is 0 Å². The number of halogens is 1. The van der Waals surface area contributed by atoms with Gasteiger partial charge in [-0.1, -0.05) is 31.0 Å². The average Bonchev–Trinajstić information content (AvgIpc) is 3.01. The molecule has 0 bridgehead atoms. The first-order valence-corrected chi connectivity index (χ1v) is 13.4. The standard InChI is InChI=1S/C25H39ClN4OS/c1-7-22-16-21(11-9-10-20-12-14-28(5)15-13-20)17-23(26)25(22)32(31)30(8-2)24-18(3)27-29(6)19(24)4/h16-17,20H,7-15H2,1-6H3. The molecule has 3 rings (SSSR count). The highest BCUT2D eigenvalue weighted by Crippen LogP contribution is 2.35. The second kappa shape index (κ2) is 11.3. The van der Waals surface area contributed by atoms with Gasteiger partial charge >= 0.3 is 0 Å². The van der Waals surface area contributed by atoms with Crippen LogP contribution in [0.1, 0.15) is 62.0 Å². The molecule has 1 fully saturated rings. The maximum absolute atomic E-state index is 13.8. The Labute approximate surface area is 202 Å². The first-order chi connectivity index (χ1) is 15.3. The van der Waals surface area contributed by atoms with E-state index in [1.807, 2.05) is 42.9 Å². The van der Waals surface area contributed by atoms with Crippen LogP contribution in [0.5, 0.6) is 0 Å². The van der Waals surface area contributed by atoms with Crippen molar-refractivity contribution in [3.63, 3.8) is 0 Å². The van der Waals surface area contributed by atoms with Gasteiger partial charge in [0, 0.05) is 12.6 Å². The van der Waals surface area contributed by atoms with E-state index in [1.54, 1.807) is 0 Å². The predicted octanol–water partition coefficient (Wildman–Crippen LogP) is 5.47. The van der Waals surface area contributed by atoms with Gasteiger partial charge in [-0.25, -0.2) is 0 Å². The molecule has 0 spiro atoms. The summed E-state index contributed by atoms with van der Waals surface area (Å²) >= 11 is 5.40. The van der Waals surface area contributed by atoms with E-state index < -0.39 is 11.4 Å². The van der Waals surface area contributed by atoms with Crippen LogP contribution >= 0.6 is 11.6 Å². The lowest BCUT2D eigenvalue weighted by atomic mass is 9.91. The second-order valence-electron chi connectivity index (χ2n) is 9.15. The number of hydrogen-bond acceptors (Lipinski definition) is 4. The van der Waals surface area contributed by atoms with Crippen molar-refractivity contribution in [2.75, 3.05) is 31.0 Å². The lowest BCUT2D eigenvalue weighted by molar-refractivity contribution is 0.210. The number of benzene rings is 1. The maximum atomic E-state index is 13.8. The van der Waals surface area contributed by atoms with Crippen LogP contribution in [-0.4, -0.2) is 45.9 Å². The number of nitrogens with zero attached hydrogens (tertiary/aromatic N) is 4. The van der Waals surface area contributed by atoms with Crippen LogP contribution in [0.2, 0.25) is 5.02 Å². The van der Waals surface area contributed by atoms with Crippen molar-refractivity contribution in [1.29, 1.82) is 0 Å². The van der Waals surface area contributed by atoms with Crippen molar-refractivity contribution >= 4 is 28.7 Å². The summed E-state index contributed by atoms with van der Waals surface area (Å²) in [4.78, 5) is 3.18. The van der Waals surface area contributed by atoms with Crippen molar-refractivity contribution in [2.24, 2.45) is 13.0 Å². The van der Waals surface area contributed by atoms with E-state index in [0.717, 1.165) is 46.3 Å². The van der Waals surface area contributed by atoms with E-state index in [1.165, 1.54) is 44.3 Å². The molecule has 7 heteroatoms. The molecule has 1 unspecified atom stereocenters. The van der Waals surface area contributed by atoms with Crippen LogP contribution in [-0.2, 0) is 31.3 Å². The Balaban J connectivity index is 1.76. The van der Waals surface area contributed by atoms with E-state index in [-0.39, 0.29) is 0 Å². The van der Waals surface area contributed by atoms with Gasteiger partial charge in [0.25, 0.3) is 0 Å². The number of anilines is 1. The molecule has 2 heterocycles. The van der Waals surface area contributed by atoms with Gasteiger partial charge in [0.15, 0.2) is 0 Å². The van der Waals surface area contributed by atoms with Crippen molar-refractivity contribution in [3.8, 4) is 0 Å². The van der Waals surface area contributed by atoms with Gasteiger partial charge in [0.1, 0.15) is 17.0 Å². The number of aromatic nitrogens is 2. The number of rotatable bonds is 9. The third-order valence-electron chi connectivity index (χ3n) is 6.86. The molecule has 1 aromatic carbocycles. The maximum Gasteiger partial charge on any atom is 0.201 e. The fourth-order valence-corrected chi connectivity index (χ4v) is 6.85. The average molecular weight is 479 g/mol. The largest absolute Gasteiger partial charge is 0.588 e. The molecule has 1 aliphatic heterocycles. The zero-order valence-corrected chi connectivity index (χ0v) is 22.2. The Morgan fingerprint density at radius 2 is 1.88 bits per heavy atom. The first-order valence-electron chi connectivity index (χ1n) is 12.0. The zero-order valence-electron chi connectivity index (χ0n) is 20.6. The molecular formula is C25H39ClN4OS. The minimum Gasteiger partial charge on any atom is -0.588 e. The first kappa shape index (κ1) is 25.4. The van der Waals surface area contributed by atoms with Crippen molar-refractivity contribution < 1.29 is 4.55 Å². The van der Waals surface area contributed by atoms with E-state index in [2.05, 4.69) is 30.0 Å². The summed E-state index contributed by atoms with van der Waals surface area (Å²) in [5, 5.41) is 5.14. The summed E-state index contributed by atoms with van der Waals surface area (Å²) in [5.41, 5.74) is 5.19. The van der Waals surface area contributed by atoms with E-state index in [0.29, 0.717) is 11.6 Å². The van der Waals surface area contributed by atoms with Crippen LogP contribution in [0.3, 0.4) is 0 Å². The van der Waals surface area contributed by atoms with E-state index in [9.17, 15) is 4.55 Å². The number of likely N-dealkylation sites (tertiary alicyclic amines) is 1. The highest BCUT2D eigenvalue weighted by molar-refractivity contribution is 7.93. The normalized spacial score (nSPS) is 16.5. The molecule has 0 amide bonds. The highest BCUT2D eigenvalue weighted by Gasteiger charge is 2.31. The van der Waals surface area contributed by atoms with Crippen LogP contribution < -0.4 is 4.31 Å². The molecular weight excluding hydrogens is 440 g/mol. The lowest BCUT2D eigenvalue weighted by Crippen LogP contribution is -2.32. The Hall–Kier alpha value is -1.21. The molecule has 0 radical (unpaired) electrons. The third kappa shape index (κ3) is 5.64. The number of aryl methyl sites for hydroxylation is 4. The fourth-order valence-electron chi connectivity index (χ4n) is 4.85. The highest BCUT2D eigenvalue weighted by atomic mass is 35.5. The molecule has 1 saturated heterocycles. The van der Waals surface area contributed by atoms with Crippen LogP contribution in [0, 0.1) is 19.8 Å². The summed E-state index contributed by atoms with van der Waals surface area (Å²) in [6.07, 6.45) is 6.94. The predicted molar refractivity (Wildman–Crippen MR) is 136 cm³/mol. The second-order valence-corrected chi connectivity index (χ2v) is 10.9. The minimum atomic E-state index is -1.38. The summed E-state index contributed by atoms with van der Waals surface area (Å²) < 4.78 is 17.5. The monoisotopic (exact) mass is 478 g/mol. The van der Waals surface area contributed by atoms with Crippen LogP contribution in [0.25, 0.3) is 0 Å². The van der Waals surface area contributed by atoms with Crippen molar-refractivity contribution in [3.05, 3.63) is 39.7 Å². The SMILES string of the molecule is CCc1cc(CCCC2CCN(C)CC2)cc(Cl)c1[S+]([O-])N(CC)c1c(C)nn(C)c1C. The van der Waals surface area contributed by atoms with Crippen LogP contribution in [0.15, 0.2) is 17.0 Å². The number of hydrogen-bond donors (Lipinski definition) is 0. The van der Waals surface area contributed by atoms with Gasteiger partial charge in [-0.2, -0.15) is 9.40 Å². The molecule has 178 valence electrons. The Morgan fingerprint density at radius 3 is 2.44 bits per heavy atom. The van der Waals surface area contributed by atoms with E-state index in [4.69, 9.17) is 11.6 Å². The smallest absolute Gasteiger partial charge is 0.201 e. The zero-order chi connectivity index (χ0) is 23.4. The quantitative estimate of drug-likeness (QED) is 0.448. The molecule has 1 aliphatic rings. The molecule has 0 N–H and O–H groups in total. The van der Waals surface area contributed by atoms with Gasteiger partial charge < -0.3 is 9.45 Å². The van der Waals surface area contributed by atoms with Crippen LogP contribution in [0.4, 0.5) is 5.69 Å². The summed E-state index contributed by atoms with van der Waals surface area (Å²) in [5.74, 6) is 0.850. The molecule has 1 aromatic heterocycles. The summed E-state index contributed by atoms with van der Waals surface area (Å²) in [7, 11) is 4.14. The molecule has 1 atom stereocenters. The molecule has 5 nitrogen and oxygen atoms in total. The number of piperidine rings is 1. The Kier molecular flexibility index (Phi) is 8.96. The minimum absolute atomic E-state index is 0.620.